The summed E-state index contributed by atoms with van der Waals surface area (Å²) in [5.41, 5.74) is 0. The number of hydrogen-bond donors (Lipinski definition) is 0. The second-order valence-corrected chi connectivity index (χ2v) is 20.2. The van der Waals surface area contributed by atoms with E-state index < -0.39 is 6.10 Å². The highest BCUT2D eigenvalue weighted by atomic mass is 16.6. The van der Waals surface area contributed by atoms with Crippen LogP contribution in [0.4, 0.5) is 0 Å². The van der Waals surface area contributed by atoms with E-state index in [9.17, 15) is 14.4 Å². The molecule has 0 aliphatic rings. The van der Waals surface area contributed by atoms with Crippen molar-refractivity contribution in [1.29, 1.82) is 0 Å². The van der Waals surface area contributed by atoms with Crippen molar-refractivity contribution >= 4 is 17.9 Å². The predicted octanol–water partition coefficient (Wildman–Crippen LogP) is 21.9. The molecule has 0 bridgehead atoms. The fourth-order valence-corrected chi connectivity index (χ4v) is 8.02. The Hall–Kier alpha value is -5.23. The Morgan fingerprint density at radius 1 is 0.266 bits per heavy atom. The van der Waals surface area contributed by atoms with Crippen LogP contribution in [0.5, 0.6) is 0 Å². The van der Waals surface area contributed by atoms with Gasteiger partial charge in [0.15, 0.2) is 6.10 Å². The summed E-state index contributed by atoms with van der Waals surface area (Å²) in [5.74, 6) is -1.01. The van der Waals surface area contributed by atoms with E-state index in [1.54, 1.807) is 0 Å². The zero-order valence-electron chi connectivity index (χ0n) is 50.6. The maximum Gasteiger partial charge on any atom is 0.306 e. The van der Waals surface area contributed by atoms with Gasteiger partial charge in [0, 0.05) is 19.3 Å². The molecule has 0 aromatic carbocycles. The molecule has 0 saturated heterocycles. The SMILES string of the molecule is CC/C=C\C/C=C\C/C=C\C/C=C\C/C=C\C/C=C\C/C=C\CCCCCCCC(=O)OCC(COC(=O)CCCCCCCCC/C=C\C/C=C\CCCCC)OC(=O)CCC/C=C\C/C=C\C/C=C\C/C=C\C/C=C\CC. The average Bonchev–Trinajstić information content (AvgIpc) is 3.45. The van der Waals surface area contributed by atoms with Crippen molar-refractivity contribution in [3.63, 3.8) is 0 Å². The Morgan fingerprint density at radius 2 is 0.506 bits per heavy atom. The first-order valence-electron chi connectivity index (χ1n) is 31.6. The lowest BCUT2D eigenvalue weighted by Crippen LogP contribution is -2.30. The van der Waals surface area contributed by atoms with Crippen molar-refractivity contribution in [3.05, 3.63) is 170 Å². The third kappa shape index (κ3) is 63.5. The van der Waals surface area contributed by atoms with Crippen molar-refractivity contribution in [2.75, 3.05) is 13.2 Å². The molecule has 6 nitrogen and oxygen atoms in total. The molecule has 0 spiro atoms. The summed E-state index contributed by atoms with van der Waals surface area (Å²) in [6.45, 7) is 6.31. The normalized spacial score (nSPS) is 13.3. The van der Waals surface area contributed by atoms with Crippen LogP contribution in [0.25, 0.3) is 0 Å². The van der Waals surface area contributed by atoms with Crippen molar-refractivity contribution in [3.8, 4) is 0 Å². The number of ether oxygens (including phenoxy) is 3. The Bertz CT molecular complexity index is 1820. The highest BCUT2D eigenvalue weighted by Crippen LogP contribution is 2.13. The van der Waals surface area contributed by atoms with Crippen LogP contribution in [0.15, 0.2) is 170 Å². The van der Waals surface area contributed by atoms with Gasteiger partial charge in [0.1, 0.15) is 13.2 Å². The molecule has 0 aromatic heterocycles. The fourth-order valence-electron chi connectivity index (χ4n) is 8.02. The minimum absolute atomic E-state index is 0.119. The Labute approximate surface area is 485 Å². The van der Waals surface area contributed by atoms with Crippen molar-refractivity contribution < 1.29 is 28.6 Å². The van der Waals surface area contributed by atoms with Gasteiger partial charge in [-0.15, -0.1) is 0 Å². The van der Waals surface area contributed by atoms with Crippen LogP contribution in [-0.2, 0) is 28.6 Å². The number of hydrogen-bond acceptors (Lipinski definition) is 6. The molecule has 1 unspecified atom stereocenters. The van der Waals surface area contributed by atoms with Crippen molar-refractivity contribution in [1.82, 2.24) is 0 Å². The minimum atomic E-state index is -0.830. The number of unbranched alkanes of at least 4 members (excludes halogenated alkanes) is 16. The molecule has 1 atom stereocenters. The summed E-state index contributed by atoms with van der Waals surface area (Å²) in [5, 5.41) is 0. The number of carbonyl (C=O) groups excluding carboxylic acids is 3. The topological polar surface area (TPSA) is 78.9 Å². The molecule has 0 rings (SSSR count). The molecular formula is C73H114O6. The number of rotatable bonds is 55. The van der Waals surface area contributed by atoms with Crippen LogP contribution in [-0.4, -0.2) is 37.2 Å². The van der Waals surface area contributed by atoms with E-state index in [0.717, 1.165) is 154 Å². The molecule has 0 radical (unpaired) electrons. The third-order valence-electron chi connectivity index (χ3n) is 12.7. The van der Waals surface area contributed by atoms with Crippen LogP contribution in [0, 0.1) is 0 Å². The average molecular weight is 1090 g/mol. The van der Waals surface area contributed by atoms with Gasteiger partial charge in [0.2, 0.25) is 0 Å². The Balaban J connectivity index is 4.51. The molecule has 0 saturated carbocycles. The molecular weight excluding hydrogens is 973 g/mol. The van der Waals surface area contributed by atoms with Crippen molar-refractivity contribution in [2.45, 2.75) is 258 Å². The fraction of sp³-hybridized carbons (Fsp3) is 0.575. The largest absolute Gasteiger partial charge is 0.462 e. The van der Waals surface area contributed by atoms with Gasteiger partial charge in [-0.25, -0.2) is 0 Å². The van der Waals surface area contributed by atoms with Gasteiger partial charge in [0.25, 0.3) is 0 Å². The Morgan fingerprint density at radius 3 is 0.810 bits per heavy atom. The first-order valence-corrected chi connectivity index (χ1v) is 31.6. The predicted molar refractivity (Wildman–Crippen MR) is 343 cm³/mol. The Kier molecular flexibility index (Phi) is 61.0. The second kappa shape index (κ2) is 65.3. The van der Waals surface area contributed by atoms with Gasteiger partial charge in [-0.2, -0.15) is 0 Å². The maximum atomic E-state index is 12.9. The first-order chi connectivity index (χ1) is 39.0. The van der Waals surface area contributed by atoms with Gasteiger partial charge in [-0.05, 0) is 148 Å². The van der Waals surface area contributed by atoms with E-state index in [0.29, 0.717) is 19.3 Å². The van der Waals surface area contributed by atoms with Crippen LogP contribution < -0.4 is 0 Å². The summed E-state index contributed by atoms with van der Waals surface area (Å²) in [4.78, 5) is 38.3. The highest BCUT2D eigenvalue weighted by molar-refractivity contribution is 5.71. The lowest BCUT2D eigenvalue weighted by molar-refractivity contribution is -0.167. The van der Waals surface area contributed by atoms with E-state index in [1.807, 2.05) is 0 Å². The molecule has 0 N–H and O–H groups in total. The zero-order chi connectivity index (χ0) is 57.1. The standard InChI is InChI=1S/C73H114O6/c1-4-7-10-13-16-19-22-25-28-31-32-33-34-35-36-37-38-39-40-43-45-48-51-54-57-60-63-66-72(75)78-69-70(79-73(76)67-64-61-58-55-52-49-46-42-30-27-24-21-18-15-12-9-6-3)68-77-71(74)65-62-59-56-53-50-47-44-41-29-26-23-20-17-14-11-8-5-2/h7,9-10,12,16-21,25-30,32-33,35-36,38-39,43,45-46,49,55,58,70H,4-6,8,11,13-15,22-24,31,34,37,40-42,44,47-48,50-54,56-57,59-69H2,1-3H3/b10-7-,12-9-,19-16-,20-17-,21-18-,28-25-,29-26-,30-27-,33-32-,36-35-,39-38-,45-43-,49-46-,58-55-. The lowest BCUT2D eigenvalue weighted by Gasteiger charge is -2.18. The number of allylic oxidation sites excluding steroid dienone is 28. The molecule has 0 aliphatic heterocycles. The van der Waals surface area contributed by atoms with Gasteiger partial charge < -0.3 is 14.2 Å². The lowest BCUT2D eigenvalue weighted by atomic mass is 10.1. The van der Waals surface area contributed by atoms with Crippen LogP contribution in [0.2, 0.25) is 0 Å². The first kappa shape index (κ1) is 73.8. The van der Waals surface area contributed by atoms with Crippen LogP contribution in [0.3, 0.4) is 0 Å². The quantitative estimate of drug-likeness (QED) is 0.0261. The van der Waals surface area contributed by atoms with Crippen LogP contribution >= 0.6 is 0 Å². The zero-order valence-corrected chi connectivity index (χ0v) is 50.6. The van der Waals surface area contributed by atoms with E-state index in [4.69, 9.17) is 14.2 Å². The minimum Gasteiger partial charge on any atom is -0.462 e. The molecule has 0 aliphatic carbocycles. The number of esters is 3. The van der Waals surface area contributed by atoms with E-state index in [2.05, 4.69) is 191 Å². The van der Waals surface area contributed by atoms with Gasteiger partial charge in [-0.1, -0.05) is 255 Å². The van der Waals surface area contributed by atoms with Gasteiger partial charge in [0.05, 0.1) is 0 Å². The molecule has 0 heterocycles. The summed E-state index contributed by atoms with van der Waals surface area (Å²) < 4.78 is 16.8. The van der Waals surface area contributed by atoms with Crippen LogP contribution in [0.1, 0.15) is 252 Å². The van der Waals surface area contributed by atoms with Gasteiger partial charge in [-0.3, -0.25) is 14.4 Å². The van der Waals surface area contributed by atoms with E-state index in [1.165, 1.54) is 51.4 Å². The highest BCUT2D eigenvalue weighted by Gasteiger charge is 2.19. The summed E-state index contributed by atoms with van der Waals surface area (Å²) in [6, 6.07) is 0. The third-order valence-corrected chi connectivity index (χ3v) is 12.7. The second-order valence-electron chi connectivity index (χ2n) is 20.2. The monoisotopic (exact) mass is 1090 g/mol. The van der Waals surface area contributed by atoms with Gasteiger partial charge >= 0.3 is 17.9 Å². The smallest absolute Gasteiger partial charge is 0.306 e. The molecule has 0 amide bonds. The molecule has 0 fully saturated rings. The maximum absolute atomic E-state index is 12.9. The van der Waals surface area contributed by atoms with E-state index in [-0.39, 0.29) is 37.5 Å². The molecule has 6 heteroatoms. The van der Waals surface area contributed by atoms with Crippen molar-refractivity contribution in [2.24, 2.45) is 0 Å². The summed E-state index contributed by atoms with van der Waals surface area (Å²) in [7, 11) is 0. The van der Waals surface area contributed by atoms with E-state index >= 15 is 0 Å². The summed E-state index contributed by atoms with van der Waals surface area (Å²) in [6.07, 6.45) is 96.4. The molecule has 442 valence electrons. The molecule has 79 heavy (non-hydrogen) atoms. The summed E-state index contributed by atoms with van der Waals surface area (Å²) >= 11 is 0. The molecule has 0 aromatic rings. The number of carbonyl (C=O) groups is 3.